The lowest BCUT2D eigenvalue weighted by molar-refractivity contribution is -0.116. The van der Waals surface area contributed by atoms with Gasteiger partial charge in [0.25, 0.3) is 5.92 Å². The molecule has 1 aliphatic heterocycles. The minimum atomic E-state index is -2.58. The minimum Gasteiger partial charge on any atom is -0.344 e. The average Bonchev–Trinajstić information content (AvgIpc) is 2.14. The number of alkyl halides is 2. The van der Waals surface area contributed by atoms with E-state index in [9.17, 15) is 13.6 Å². The van der Waals surface area contributed by atoms with Gasteiger partial charge in [-0.2, -0.15) is 0 Å². The highest BCUT2D eigenvalue weighted by atomic mass is 19.3. The van der Waals surface area contributed by atoms with Crippen LogP contribution in [0.3, 0.4) is 0 Å². The number of Topliss-reactive ketones (excluding diaryl/α,β-unsaturated/α-hetero) is 1. The maximum atomic E-state index is 12.6. The van der Waals surface area contributed by atoms with Gasteiger partial charge in [0.05, 0.1) is 13.1 Å². The first-order chi connectivity index (χ1) is 7.46. The van der Waals surface area contributed by atoms with Gasteiger partial charge in [0.1, 0.15) is 11.6 Å². The normalized spacial score (nSPS) is 18.1. The van der Waals surface area contributed by atoms with Gasteiger partial charge < -0.3 is 4.90 Å². The van der Waals surface area contributed by atoms with Crippen LogP contribution in [-0.4, -0.2) is 29.8 Å². The molecule has 2 heterocycles. The predicted molar refractivity (Wildman–Crippen MR) is 55.8 cm³/mol. The summed E-state index contributed by atoms with van der Waals surface area (Å²) in [7, 11) is 0. The summed E-state index contributed by atoms with van der Waals surface area (Å²) in [5.41, 5.74) is 0.809. The molecule has 0 unspecified atom stereocenters. The zero-order chi connectivity index (χ0) is 11.8. The van der Waals surface area contributed by atoms with Crippen LogP contribution in [-0.2, 0) is 11.2 Å². The SMILES string of the molecule is CC(=O)Cc1ccc(N2CC(F)(F)C2)nc1. The van der Waals surface area contributed by atoms with Crippen molar-refractivity contribution in [3.05, 3.63) is 23.9 Å². The van der Waals surface area contributed by atoms with Crippen LogP contribution < -0.4 is 4.90 Å². The summed E-state index contributed by atoms with van der Waals surface area (Å²) in [6.45, 7) is 0.960. The molecule has 0 spiro atoms. The van der Waals surface area contributed by atoms with E-state index in [4.69, 9.17) is 0 Å². The second-order valence-corrected chi connectivity index (χ2v) is 4.12. The first kappa shape index (κ1) is 11.0. The van der Waals surface area contributed by atoms with Crippen LogP contribution in [0.5, 0.6) is 0 Å². The van der Waals surface area contributed by atoms with Gasteiger partial charge in [-0.1, -0.05) is 6.07 Å². The van der Waals surface area contributed by atoms with E-state index in [-0.39, 0.29) is 18.9 Å². The van der Waals surface area contributed by atoms with Crippen LogP contribution in [0.25, 0.3) is 0 Å². The van der Waals surface area contributed by atoms with E-state index in [0.29, 0.717) is 12.2 Å². The number of carbonyl (C=O) groups is 1. The van der Waals surface area contributed by atoms with Gasteiger partial charge >= 0.3 is 0 Å². The molecule has 5 heteroatoms. The van der Waals surface area contributed by atoms with Crippen LogP contribution >= 0.6 is 0 Å². The number of ketones is 1. The van der Waals surface area contributed by atoms with Crippen LogP contribution in [0.1, 0.15) is 12.5 Å². The molecule has 0 amide bonds. The molecule has 86 valence electrons. The predicted octanol–water partition coefficient (Wildman–Crippen LogP) is 1.67. The number of anilines is 1. The van der Waals surface area contributed by atoms with Crippen molar-refractivity contribution >= 4 is 11.6 Å². The van der Waals surface area contributed by atoms with E-state index in [1.54, 1.807) is 18.3 Å². The van der Waals surface area contributed by atoms with Crippen LogP contribution in [0.4, 0.5) is 14.6 Å². The summed E-state index contributed by atoms with van der Waals surface area (Å²) >= 11 is 0. The Morgan fingerprint density at radius 2 is 2.19 bits per heavy atom. The number of aromatic nitrogens is 1. The van der Waals surface area contributed by atoms with Crippen molar-refractivity contribution in [3.63, 3.8) is 0 Å². The Kier molecular flexibility index (Phi) is 2.61. The van der Waals surface area contributed by atoms with Crippen LogP contribution in [0.15, 0.2) is 18.3 Å². The third-order valence-electron chi connectivity index (χ3n) is 2.43. The van der Waals surface area contributed by atoms with E-state index in [0.717, 1.165) is 5.56 Å². The number of pyridine rings is 1. The van der Waals surface area contributed by atoms with E-state index >= 15 is 0 Å². The molecule has 16 heavy (non-hydrogen) atoms. The quantitative estimate of drug-likeness (QED) is 0.786. The lowest BCUT2D eigenvalue weighted by atomic mass is 10.1. The number of hydrogen-bond acceptors (Lipinski definition) is 3. The third-order valence-corrected chi connectivity index (χ3v) is 2.43. The second kappa shape index (κ2) is 3.81. The van der Waals surface area contributed by atoms with Gasteiger partial charge in [0.2, 0.25) is 0 Å². The highest BCUT2D eigenvalue weighted by molar-refractivity contribution is 5.78. The van der Waals surface area contributed by atoms with Crippen molar-refractivity contribution in [2.75, 3.05) is 18.0 Å². The molecule has 0 aromatic carbocycles. The number of carbonyl (C=O) groups excluding carboxylic acids is 1. The third kappa shape index (κ3) is 2.35. The van der Waals surface area contributed by atoms with Crippen molar-refractivity contribution in [1.82, 2.24) is 4.98 Å². The molecule has 0 atom stereocenters. The summed E-state index contributed by atoms with van der Waals surface area (Å²) < 4.78 is 25.2. The fourth-order valence-corrected chi connectivity index (χ4v) is 1.67. The number of halogens is 2. The highest BCUT2D eigenvalue weighted by Crippen LogP contribution is 2.30. The molecule has 3 nitrogen and oxygen atoms in total. The first-order valence-corrected chi connectivity index (χ1v) is 5.03. The Bertz CT molecular complexity index is 395. The topological polar surface area (TPSA) is 33.2 Å². The molecule has 1 fully saturated rings. The summed E-state index contributed by atoms with van der Waals surface area (Å²) in [6, 6.07) is 3.42. The maximum absolute atomic E-state index is 12.6. The summed E-state index contributed by atoms with van der Waals surface area (Å²) in [6.07, 6.45) is 1.90. The van der Waals surface area contributed by atoms with Crippen molar-refractivity contribution in [1.29, 1.82) is 0 Å². The lowest BCUT2D eigenvalue weighted by Gasteiger charge is -2.39. The standard InChI is InChI=1S/C11H12F2N2O/c1-8(16)4-9-2-3-10(14-5-9)15-6-11(12,13)7-15/h2-3,5H,4,6-7H2,1H3. The molecule has 2 rings (SSSR count). The van der Waals surface area contributed by atoms with Gasteiger partial charge in [-0.15, -0.1) is 0 Å². The summed E-state index contributed by atoms with van der Waals surface area (Å²) in [5, 5.41) is 0. The molecule has 1 saturated heterocycles. The van der Waals surface area contributed by atoms with E-state index < -0.39 is 5.92 Å². The fourth-order valence-electron chi connectivity index (χ4n) is 1.67. The summed E-state index contributed by atoms with van der Waals surface area (Å²) in [4.78, 5) is 16.4. The number of hydrogen-bond donors (Lipinski definition) is 0. The Balaban J connectivity index is 2.01. The lowest BCUT2D eigenvalue weighted by Crippen LogP contribution is -2.56. The molecule has 1 aliphatic rings. The van der Waals surface area contributed by atoms with E-state index in [2.05, 4.69) is 4.98 Å². The minimum absolute atomic E-state index is 0.0602. The first-order valence-electron chi connectivity index (χ1n) is 5.03. The fraction of sp³-hybridized carbons (Fsp3) is 0.455. The van der Waals surface area contributed by atoms with E-state index in [1.807, 2.05) is 0 Å². The van der Waals surface area contributed by atoms with Gasteiger partial charge in [-0.3, -0.25) is 4.79 Å². The smallest absolute Gasteiger partial charge is 0.282 e. The van der Waals surface area contributed by atoms with Crippen LogP contribution in [0.2, 0.25) is 0 Å². The van der Waals surface area contributed by atoms with Crippen molar-refractivity contribution < 1.29 is 13.6 Å². The highest BCUT2D eigenvalue weighted by Gasteiger charge is 2.44. The second-order valence-electron chi connectivity index (χ2n) is 4.12. The Morgan fingerprint density at radius 3 is 2.62 bits per heavy atom. The molecule has 0 saturated carbocycles. The molecule has 0 bridgehead atoms. The monoisotopic (exact) mass is 226 g/mol. The van der Waals surface area contributed by atoms with Gasteiger partial charge in [-0.05, 0) is 18.6 Å². The van der Waals surface area contributed by atoms with Gasteiger partial charge in [-0.25, -0.2) is 13.8 Å². The molecule has 0 radical (unpaired) electrons. The molecule has 1 aromatic rings. The van der Waals surface area contributed by atoms with Crippen molar-refractivity contribution in [3.8, 4) is 0 Å². The maximum Gasteiger partial charge on any atom is 0.282 e. The van der Waals surface area contributed by atoms with Crippen molar-refractivity contribution in [2.24, 2.45) is 0 Å². The largest absolute Gasteiger partial charge is 0.344 e. The molecule has 1 aromatic heterocycles. The average molecular weight is 226 g/mol. The van der Waals surface area contributed by atoms with Crippen LogP contribution in [0, 0.1) is 0 Å². The Morgan fingerprint density at radius 1 is 1.50 bits per heavy atom. The molecule has 0 N–H and O–H groups in total. The molecular formula is C11H12F2N2O. The number of nitrogens with zero attached hydrogens (tertiary/aromatic N) is 2. The van der Waals surface area contributed by atoms with Gasteiger partial charge in [0, 0.05) is 12.6 Å². The number of rotatable bonds is 3. The zero-order valence-electron chi connectivity index (χ0n) is 8.91. The van der Waals surface area contributed by atoms with Crippen molar-refractivity contribution in [2.45, 2.75) is 19.3 Å². The zero-order valence-corrected chi connectivity index (χ0v) is 8.91. The Labute approximate surface area is 92.1 Å². The van der Waals surface area contributed by atoms with Gasteiger partial charge in [0.15, 0.2) is 0 Å². The Hall–Kier alpha value is -1.52. The summed E-state index contributed by atoms with van der Waals surface area (Å²) in [5.74, 6) is -1.98. The molecular weight excluding hydrogens is 214 g/mol. The van der Waals surface area contributed by atoms with E-state index in [1.165, 1.54) is 11.8 Å². The molecule has 0 aliphatic carbocycles.